The van der Waals surface area contributed by atoms with Gasteiger partial charge in [0.1, 0.15) is 0 Å². The van der Waals surface area contributed by atoms with Gasteiger partial charge >= 0.3 is 17.4 Å². The number of rotatable bonds is 3. The van der Waals surface area contributed by atoms with E-state index in [2.05, 4.69) is 25.7 Å². The van der Waals surface area contributed by atoms with E-state index >= 15 is 0 Å². The zero-order valence-corrected chi connectivity index (χ0v) is 14.3. The van der Waals surface area contributed by atoms with E-state index in [0.29, 0.717) is 0 Å². The second-order valence-electron chi connectivity index (χ2n) is 3.09. The maximum Gasteiger partial charge on any atom is 3.00 e. The van der Waals surface area contributed by atoms with Gasteiger partial charge in [-0.25, -0.2) is 0 Å². The number of hydrogen-bond acceptors (Lipinski definition) is 7. The normalized spacial score (nSPS) is 7.35. The molecule has 0 saturated carbocycles. The summed E-state index contributed by atoms with van der Waals surface area (Å²) in [5, 5.41) is 26.7. The van der Waals surface area contributed by atoms with Crippen LogP contribution in [0.3, 0.4) is 0 Å². The van der Waals surface area contributed by atoms with E-state index in [1.54, 1.807) is 0 Å². The molecule has 0 spiro atoms. The minimum Gasteiger partial charge on any atom is -0.550 e. The van der Waals surface area contributed by atoms with Gasteiger partial charge in [-0.2, -0.15) is 0 Å². The first-order chi connectivity index (χ1) is 8.54. The van der Waals surface area contributed by atoms with E-state index in [-0.39, 0.29) is 17.4 Å². The number of nitrogens with zero attached hydrogens (tertiary/aromatic N) is 1. The average Bonchev–Trinajstić information content (AvgIpc) is 2.17. The molecule has 0 N–H and O–H groups in total. The molecule has 20 heavy (non-hydrogen) atoms. The Kier molecular flexibility index (Phi) is 41.5. The van der Waals surface area contributed by atoms with E-state index in [1.165, 1.54) is 19.6 Å². The van der Waals surface area contributed by atoms with Crippen LogP contribution in [-0.4, -0.2) is 59.8 Å². The van der Waals surface area contributed by atoms with Gasteiger partial charge in [0.15, 0.2) is 0 Å². The van der Waals surface area contributed by atoms with Gasteiger partial charge in [-0.3, -0.25) is 0 Å². The number of carboxylic acid groups (broad SMARTS) is 3. The largest absolute Gasteiger partial charge is 3.00 e. The van der Waals surface area contributed by atoms with E-state index < -0.39 is 17.9 Å². The summed E-state index contributed by atoms with van der Waals surface area (Å²) in [6.45, 7) is 13.0. The molecule has 0 heterocycles. The molecular weight excluding hydrogens is 281 g/mol. The zero-order chi connectivity index (χ0) is 16.4. The average molecular weight is 305 g/mol. The molecule has 7 nitrogen and oxygen atoms in total. The third-order valence-corrected chi connectivity index (χ3v) is 1.34. The van der Waals surface area contributed by atoms with Gasteiger partial charge in [-0.15, -0.1) is 0 Å². The summed E-state index contributed by atoms with van der Waals surface area (Å²) in [5.74, 6) is -3.25. The molecule has 0 atom stereocenters. The topological polar surface area (TPSA) is 124 Å². The first-order valence-corrected chi connectivity index (χ1v) is 5.79. The molecular formula is C12H24AlNO6. The van der Waals surface area contributed by atoms with Crippen molar-refractivity contribution in [1.82, 2.24) is 4.90 Å². The summed E-state index contributed by atoms with van der Waals surface area (Å²) in [6, 6.07) is 0. The molecule has 0 unspecified atom stereocenters. The van der Waals surface area contributed by atoms with Crippen LogP contribution in [0.25, 0.3) is 0 Å². The van der Waals surface area contributed by atoms with E-state index in [0.717, 1.165) is 20.8 Å². The maximum atomic E-state index is 8.89. The fourth-order valence-electron chi connectivity index (χ4n) is 0.671. The molecule has 8 heteroatoms. The van der Waals surface area contributed by atoms with Crippen LogP contribution in [0.15, 0.2) is 0 Å². The Morgan fingerprint density at radius 1 is 0.700 bits per heavy atom. The predicted molar refractivity (Wildman–Crippen MR) is 71.3 cm³/mol. The van der Waals surface area contributed by atoms with Crippen LogP contribution in [0.1, 0.15) is 41.5 Å². The predicted octanol–water partition coefficient (Wildman–Crippen LogP) is -2.76. The van der Waals surface area contributed by atoms with Gasteiger partial charge in [-0.05, 0) is 40.4 Å². The molecule has 0 aliphatic carbocycles. The van der Waals surface area contributed by atoms with Crippen molar-refractivity contribution in [2.45, 2.75) is 41.5 Å². The van der Waals surface area contributed by atoms with Gasteiger partial charge in [0.25, 0.3) is 0 Å². The SMILES string of the molecule is CC(=O)[O-].CC(=O)[O-].CC(=O)[O-].CCN(CC)CC.[Al+3]. The third-order valence-electron chi connectivity index (χ3n) is 1.34. The van der Waals surface area contributed by atoms with Gasteiger partial charge in [-0.1, -0.05) is 20.8 Å². The summed E-state index contributed by atoms with van der Waals surface area (Å²) in [6.07, 6.45) is 0. The Hall–Kier alpha value is -1.10. The number of hydrogen-bond donors (Lipinski definition) is 0. The van der Waals surface area contributed by atoms with Crippen LogP contribution in [0.5, 0.6) is 0 Å². The van der Waals surface area contributed by atoms with Gasteiger partial charge in [0, 0.05) is 17.9 Å². The van der Waals surface area contributed by atoms with E-state index in [1.807, 2.05) is 0 Å². The summed E-state index contributed by atoms with van der Waals surface area (Å²) >= 11 is 0. The first kappa shape index (κ1) is 31.3. The number of carbonyl (C=O) groups excluding carboxylic acids is 3. The fraction of sp³-hybridized carbons (Fsp3) is 0.750. The van der Waals surface area contributed by atoms with Crippen LogP contribution < -0.4 is 15.3 Å². The fourth-order valence-corrected chi connectivity index (χ4v) is 0.671. The maximum absolute atomic E-state index is 8.89. The molecule has 116 valence electrons. The Labute approximate surface area is 131 Å². The Balaban J connectivity index is -0.0000000512. The van der Waals surface area contributed by atoms with Crippen molar-refractivity contribution in [2.24, 2.45) is 0 Å². The van der Waals surface area contributed by atoms with Crippen molar-refractivity contribution in [1.29, 1.82) is 0 Å². The molecule has 0 bridgehead atoms. The second kappa shape index (κ2) is 26.5. The quantitative estimate of drug-likeness (QED) is 0.517. The van der Waals surface area contributed by atoms with Gasteiger partial charge in [0.05, 0.1) is 0 Å². The van der Waals surface area contributed by atoms with E-state index in [9.17, 15) is 0 Å². The van der Waals surface area contributed by atoms with Crippen LogP contribution in [-0.2, 0) is 14.4 Å². The molecule has 0 saturated heterocycles. The van der Waals surface area contributed by atoms with E-state index in [4.69, 9.17) is 29.7 Å². The molecule has 0 rings (SSSR count). The molecule has 0 aromatic carbocycles. The summed E-state index contributed by atoms with van der Waals surface area (Å²) in [4.78, 5) is 29.0. The molecule has 0 aliphatic heterocycles. The summed E-state index contributed by atoms with van der Waals surface area (Å²) in [5.41, 5.74) is 0. The number of aliphatic carboxylic acids is 3. The minimum atomic E-state index is -1.08. The standard InChI is InChI=1S/C6H15N.3C2H4O2.Al/c1-4-7(5-2)6-3;3*1-2(3)4;/h4-6H2,1-3H3;3*1H3,(H,3,4);/q;;;;+3/p-3. The van der Waals surface area contributed by atoms with Gasteiger partial charge < -0.3 is 34.6 Å². The van der Waals surface area contributed by atoms with Gasteiger partial charge in [0.2, 0.25) is 0 Å². The Morgan fingerprint density at radius 2 is 0.800 bits per heavy atom. The summed E-state index contributed by atoms with van der Waals surface area (Å²) < 4.78 is 0. The molecule has 0 aliphatic rings. The summed E-state index contributed by atoms with van der Waals surface area (Å²) in [7, 11) is 0. The van der Waals surface area contributed by atoms with Crippen LogP contribution in [0, 0.1) is 0 Å². The Morgan fingerprint density at radius 3 is 0.800 bits per heavy atom. The van der Waals surface area contributed by atoms with Crippen LogP contribution in [0.4, 0.5) is 0 Å². The van der Waals surface area contributed by atoms with Crippen molar-refractivity contribution in [2.75, 3.05) is 19.6 Å². The smallest absolute Gasteiger partial charge is 0.550 e. The van der Waals surface area contributed by atoms with Crippen molar-refractivity contribution >= 4 is 35.3 Å². The van der Waals surface area contributed by atoms with Crippen molar-refractivity contribution < 1.29 is 29.7 Å². The van der Waals surface area contributed by atoms with Crippen LogP contribution in [0.2, 0.25) is 0 Å². The van der Waals surface area contributed by atoms with Crippen molar-refractivity contribution in [3.8, 4) is 0 Å². The number of carbonyl (C=O) groups is 3. The van der Waals surface area contributed by atoms with Crippen LogP contribution >= 0.6 is 0 Å². The molecule has 0 aromatic rings. The first-order valence-electron chi connectivity index (χ1n) is 5.79. The molecule has 0 radical (unpaired) electrons. The Bertz CT molecular complexity index is 186. The molecule has 0 fully saturated rings. The third kappa shape index (κ3) is 178. The minimum absolute atomic E-state index is 0. The second-order valence-corrected chi connectivity index (χ2v) is 3.09. The zero-order valence-electron chi connectivity index (χ0n) is 13.1. The number of carboxylic acids is 3. The monoisotopic (exact) mass is 305 g/mol. The van der Waals surface area contributed by atoms with Crippen molar-refractivity contribution in [3.63, 3.8) is 0 Å². The molecule has 0 aromatic heterocycles. The van der Waals surface area contributed by atoms with Crippen molar-refractivity contribution in [3.05, 3.63) is 0 Å². The molecule has 0 amide bonds.